The highest BCUT2D eigenvalue weighted by Crippen LogP contribution is 2.32. The molecule has 0 unspecified atom stereocenters. The molecule has 1 aromatic carbocycles. The van der Waals surface area contributed by atoms with E-state index in [-0.39, 0.29) is 23.1 Å². The van der Waals surface area contributed by atoms with Crippen LogP contribution >= 0.6 is 0 Å². The van der Waals surface area contributed by atoms with E-state index >= 15 is 0 Å². The number of carbonyl (C=O) groups excluding carboxylic acids is 2. The summed E-state index contributed by atoms with van der Waals surface area (Å²) in [5.41, 5.74) is 4.54. The van der Waals surface area contributed by atoms with Crippen LogP contribution < -0.4 is 20.5 Å². The van der Waals surface area contributed by atoms with Gasteiger partial charge in [0.15, 0.2) is 11.9 Å². The summed E-state index contributed by atoms with van der Waals surface area (Å²) in [6.45, 7) is 3.33. The zero-order chi connectivity index (χ0) is 16.9. The van der Waals surface area contributed by atoms with Gasteiger partial charge in [-0.25, -0.2) is 4.79 Å². The number of methoxy groups -OCH3 is 1. The highest BCUT2D eigenvalue weighted by atomic mass is 16.6. The van der Waals surface area contributed by atoms with Crippen LogP contribution in [-0.2, 0) is 4.79 Å². The van der Waals surface area contributed by atoms with Crippen LogP contribution in [0.1, 0.15) is 13.8 Å². The van der Waals surface area contributed by atoms with Gasteiger partial charge >= 0.3 is 11.7 Å². The fraction of sp³-hybridized carbons (Fsp3) is 0.385. The number of carbonyl (C=O) groups is 2. The molecule has 0 aromatic heterocycles. The second-order valence-corrected chi connectivity index (χ2v) is 4.73. The molecule has 9 nitrogen and oxygen atoms in total. The first-order chi connectivity index (χ1) is 10.3. The summed E-state index contributed by atoms with van der Waals surface area (Å²) in [5, 5.41) is 13.0. The van der Waals surface area contributed by atoms with Crippen molar-refractivity contribution in [3.05, 3.63) is 28.3 Å². The van der Waals surface area contributed by atoms with E-state index < -0.39 is 23.0 Å². The van der Waals surface area contributed by atoms with E-state index in [1.54, 1.807) is 13.8 Å². The molecule has 0 saturated carbocycles. The summed E-state index contributed by atoms with van der Waals surface area (Å²) in [6, 6.07) is 2.94. The molecule has 0 heterocycles. The number of nitro groups is 1. The third-order valence-corrected chi connectivity index (χ3v) is 2.73. The summed E-state index contributed by atoms with van der Waals surface area (Å²) in [6.07, 6.45) is -1.11. The van der Waals surface area contributed by atoms with Crippen molar-refractivity contribution in [1.29, 1.82) is 0 Å². The quantitative estimate of drug-likeness (QED) is 0.599. The van der Waals surface area contributed by atoms with Crippen molar-refractivity contribution < 1.29 is 24.0 Å². The zero-order valence-electron chi connectivity index (χ0n) is 12.4. The van der Waals surface area contributed by atoms with Gasteiger partial charge in [-0.15, -0.1) is 0 Å². The van der Waals surface area contributed by atoms with Gasteiger partial charge in [-0.05, 0) is 18.1 Å². The molecule has 22 heavy (non-hydrogen) atoms. The molecule has 0 aliphatic rings. The molecule has 1 atom stereocenters. The number of ether oxygens (including phenoxy) is 2. The van der Waals surface area contributed by atoms with Crippen LogP contribution in [0, 0.1) is 16.0 Å². The van der Waals surface area contributed by atoms with Crippen LogP contribution in [0.5, 0.6) is 11.5 Å². The van der Waals surface area contributed by atoms with Gasteiger partial charge in [0.1, 0.15) is 5.75 Å². The lowest BCUT2D eigenvalue weighted by Gasteiger charge is -2.21. The van der Waals surface area contributed by atoms with Gasteiger partial charge in [-0.2, -0.15) is 0 Å². The molecule has 0 spiro atoms. The van der Waals surface area contributed by atoms with Crippen LogP contribution in [0.25, 0.3) is 0 Å². The van der Waals surface area contributed by atoms with E-state index in [2.05, 4.69) is 0 Å². The molecule has 0 radical (unpaired) electrons. The van der Waals surface area contributed by atoms with Gasteiger partial charge in [0.2, 0.25) is 0 Å². The Bertz CT molecular complexity index is 587. The molecule has 1 rings (SSSR count). The van der Waals surface area contributed by atoms with Crippen LogP contribution in [0.2, 0.25) is 0 Å². The zero-order valence-corrected chi connectivity index (χ0v) is 12.4. The van der Waals surface area contributed by atoms with E-state index in [1.165, 1.54) is 25.3 Å². The highest BCUT2D eigenvalue weighted by molar-refractivity contribution is 5.96. The molecule has 0 bridgehead atoms. The number of urea groups is 1. The molecule has 3 N–H and O–H groups in total. The van der Waals surface area contributed by atoms with Gasteiger partial charge in [-0.3, -0.25) is 20.2 Å². The molecule has 9 heteroatoms. The lowest BCUT2D eigenvalue weighted by molar-refractivity contribution is -0.386. The molecule has 0 fully saturated rings. The lowest BCUT2D eigenvalue weighted by atomic mass is 10.1. The lowest BCUT2D eigenvalue weighted by Crippen LogP contribution is -2.46. The van der Waals surface area contributed by atoms with Crippen molar-refractivity contribution in [2.75, 3.05) is 7.11 Å². The van der Waals surface area contributed by atoms with E-state index in [0.717, 1.165) is 0 Å². The van der Waals surface area contributed by atoms with Gasteiger partial charge < -0.3 is 15.2 Å². The Balaban J connectivity index is 3.10. The smallest absolute Gasteiger partial charge is 0.318 e. The predicted octanol–water partition coefficient (Wildman–Crippen LogP) is 1.20. The van der Waals surface area contributed by atoms with Gasteiger partial charge in [0.05, 0.1) is 18.1 Å². The first kappa shape index (κ1) is 17.2. The third kappa shape index (κ3) is 4.33. The first-order valence-electron chi connectivity index (χ1n) is 6.35. The number of rotatable bonds is 6. The number of hydrogen-bond acceptors (Lipinski definition) is 6. The summed E-state index contributed by atoms with van der Waals surface area (Å²) in [7, 11) is 1.37. The van der Waals surface area contributed by atoms with E-state index in [4.69, 9.17) is 15.2 Å². The summed E-state index contributed by atoms with van der Waals surface area (Å²) in [4.78, 5) is 33.1. The third-order valence-electron chi connectivity index (χ3n) is 2.73. The standard InChI is InChI=1S/C13H17N3O6/c1-7(2)11(12(17)15-13(14)18)22-10-5-4-8(21-3)6-9(10)16(19)20/h4-7,11H,1-3H3,(H3,14,15,17,18)/t11-/m1/s1. The van der Waals surface area contributed by atoms with Crippen molar-refractivity contribution in [3.8, 4) is 11.5 Å². The maximum atomic E-state index is 11.9. The Kier molecular flexibility index (Phi) is 5.67. The summed E-state index contributed by atoms with van der Waals surface area (Å²) >= 11 is 0. The molecular formula is C13H17N3O6. The molecule has 0 aliphatic carbocycles. The predicted molar refractivity (Wildman–Crippen MR) is 76.6 cm³/mol. The number of primary amides is 1. The Morgan fingerprint density at radius 3 is 2.45 bits per heavy atom. The van der Waals surface area contributed by atoms with Crippen molar-refractivity contribution in [2.24, 2.45) is 11.7 Å². The number of imide groups is 1. The second kappa shape index (κ2) is 7.25. The monoisotopic (exact) mass is 311 g/mol. The molecule has 0 saturated heterocycles. The average Bonchev–Trinajstić information content (AvgIpc) is 2.43. The minimum absolute atomic E-state index is 0.107. The van der Waals surface area contributed by atoms with E-state index in [1.807, 2.05) is 5.32 Å². The Morgan fingerprint density at radius 1 is 1.36 bits per heavy atom. The van der Waals surface area contributed by atoms with Gasteiger partial charge in [0, 0.05) is 0 Å². The number of amides is 3. The Morgan fingerprint density at radius 2 is 2.00 bits per heavy atom. The molecule has 0 aliphatic heterocycles. The van der Waals surface area contributed by atoms with Gasteiger partial charge in [-0.1, -0.05) is 13.8 Å². The molecular weight excluding hydrogens is 294 g/mol. The second-order valence-electron chi connectivity index (χ2n) is 4.73. The maximum Gasteiger partial charge on any atom is 0.318 e. The Labute approximate surface area is 126 Å². The van der Waals surface area contributed by atoms with E-state index in [0.29, 0.717) is 0 Å². The summed E-state index contributed by atoms with van der Waals surface area (Å²) in [5.74, 6) is -0.945. The van der Waals surface area contributed by atoms with Crippen molar-refractivity contribution in [3.63, 3.8) is 0 Å². The SMILES string of the molecule is COc1ccc(O[C@@H](C(=O)NC(N)=O)C(C)C)c([N+](=O)[O-])c1. The molecule has 1 aromatic rings. The summed E-state index contributed by atoms with van der Waals surface area (Å²) < 4.78 is 10.3. The minimum Gasteiger partial charge on any atom is -0.496 e. The average molecular weight is 311 g/mol. The number of hydrogen-bond donors (Lipinski definition) is 2. The van der Waals surface area contributed by atoms with Crippen molar-refractivity contribution in [1.82, 2.24) is 5.32 Å². The number of nitrogens with zero attached hydrogens (tertiary/aromatic N) is 1. The number of nitrogens with two attached hydrogens (primary N) is 1. The number of nitrogens with one attached hydrogen (secondary N) is 1. The molecule has 120 valence electrons. The topological polar surface area (TPSA) is 134 Å². The van der Waals surface area contributed by atoms with Crippen LogP contribution in [-0.4, -0.2) is 30.1 Å². The molecule has 3 amide bonds. The minimum atomic E-state index is -1.11. The number of benzene rings is 1. The van der Waals surface area contributed by atoms with Crippen LogP contribution in [0.3, 0.4) is 0 Å². The van der Waals surface area contributed by atoms with Crippen LogP contribution in [0.15, 0.2) is 18.2 Å². The maximum absolute atomic E-state index is 11.9. The van der Waals surface area contributed by atoms with Crippen molar-refractivity contribution >= 4 is 17.6 Å². The largest absolute Gasteiger partial charge is 0.496 e. The fourth-order valence-corrected chi connectivity index (χ4v) is 1.69. The first-order valence-corrected chi connectivity index (χ1v) is 6.35. The van der Waals surface area contributed by atoms with Gasteiger partial charge in [0.25, 0.3) is 5.91 Å². The van der Waals surface area contributed by atoms with Crippen LogP contribution in [0.4, 0.5) is 10.5 Å². The Hall–Kier alpha value is -2.84. The fourth-order valence-electron chi connectivity index (χ4n) is 1.69. The van der Waals surface area contributed by atoms with Crippen molar-refractivity contribution in [2.45, 2.75) is 20.0 Å². The number of nitro benzene ring substituents is 1. The highest BCUT2D eigenvalue weighted by Gasteiger charge is 2.28. The normalized spacial score (nSPS) is 11.6. The van der Waals surface area contributed by atoms with E-state index in [9.17, 15) is 19.7 Å².